The van der Waals surface area contributed by atoms with Crippen LogP contribution in [0, 0.1) is 17.5 Å². The number of pyridine rings is 1. The minimum absolute atomic E-state index is 0.0798. The van der Waals surface area contributed by atoms with Crippen LogP contribution in [0.5, 0.6) is 5.88 Å². The van der Waals surface area contributed by atoms with Crippen LogP contribution in [0.4, 0.5) is 24.7 Å². The van der Waals surface area contributed by atoms with Crippen molar-refractivity contribution < 1.29 is 26.9 Å². The van der Waals surface area contributed by atoms with Crippen LogP contribution in [0.1, 0.15) is 36.3 Å². The lowest BCUT2D eigenvalue weighted by atomic mass is 10.0. The second kappa shape index (κ2) is 11.1. The van der Waals surface area contributed by atoms with Crippen LogP contribution < -0.4 is 15.0 Å². The first-order chi connectivity index (χ1) is 17.6. The number of fused-ring (bicyclic) bond motifs is 1. The van der Waals surface area contributed by atoms with Gasteiger partial charge in [-0.05, 0) is 19.9 Å². The molecule has 0 spiro atoms. The fourth-order valence-electron chi connectivity index (χ4n) is 4.13. The van der Waals surface area contributed by atoms with Crippen molar-refractivity contribution in [1.29, 1.82) is 4.78 Å². The Kier molecular flexibility index (Phi) is 8.02. The number of anilines is 2. The van der Waals surface area contributed by atoms with E-state index in [4.69, 9.17) is 14.3 Å². The lowest BCUT2D eigenvalue weighted by Crippen LogP contribution is -2.40. The summed E-state index contributed by atoms with van der Waals surface area (Å²) in [6.07, 6.45) is -2.93. The summed E-state index contributed by atoms with van der Waals surface area (Å²) in [6, 6.07) is 5.01. The zero-order chi connectivity index (χ0) is 26.7. The van der Waals surface area contributed by atoms with E-state index in [-0.39, 0.29) is 23.7 Å². The van der Waals surface area contributed by atoms with Crippen molar-refractivity contribution in [2.75, 3.05) is 55.1 Å². The Bertz CT molecular complexity index is 1380. The van der Waals surface area contributed by atoms with E-state index < -0.39 is 33.6 Å². The van der Waals surface area contributed by atoms with Crippen LogP contribution in [-0.4, -0.2) is 64.1 Å². The van der Waals surface area contributed by atoms with E-state index in [1.807, 2.05) is 4.90 Å². The van der Waals surface area contributed by atoms with Crippen molar-refractivity contribution in [3.63, 3.8) is 0 Å². The molecule has 0 bridgehead atoms. The topological polar surface area (TPSA) is 113 Å². The molecule has 0 amide bonds. The molecule has 0 unspecified atom stereocenters. The highest BCUT2D eigenvalue weighted by atomic mass is 32.2. The highest BCUT2D eigenvalue weighted by Crippen LogP contribution is 2.35. The van der Waals surface area contributed by atoms with Gasteiger partial charge in [-0.15, -0.1) is 0 Å². The lowest BCUT2D eigenvalue weighted by molar-refractivity contribution is 0.144. The first-order valence-electron chi connectivity index (χ1n) is 11.7. The zero-order valence-electron chi connectivity index (χ0n) is 20.8. The molecule has 1 saturated heterocycles. The highest BCUT2D eigenvalue weighted by molar-refractivity contribution is 7.92. The zero-order valence-corrected chi connectivity index (χ0v) is 21.6. The van der Waals surface area contributed by atoms with Gasteiger partial charge in [-0.1, -0.05) is 18.2 Å². The van der Waals surface area contributed by atoms with E-state index in [0.29, 0.717) is 53.9 Å². The number of nitrogens with one attached hydrogen (secondary N) is 2. The summed E-state index contributed by atoms with van der Waals surface area (Å²) >= 11 is 0. The van der Waals surface area contributed by atoms with Gasteiger partial charge in [-0.3, -0.25) is 4.78 Å². The summed E-state index contributed by atoms with van der Waals surface area (Å²) in [4.78, 5) is 15.5. The van der Waals surface area contributed by atoms with Crippen LogP contribution in [-0.2, 0) is 14.5 Å². The highest BCUT2D eigenvalue weighted by Gasteiger charge is 2.25. The first kappa shape index (κ1) is 26.9. The van der Waals surface area contributed by atoms with Crippen molar-refractivity contribution in [3.05, 3.63) is 47.0 Å². The van der Waals surface area contributed by atoms with Gasteiger partial charge in [0.25, 0.3) is 6.43 Å². The van der Waals surface area contributed by atoms with Gasteiger partial charge in [0.15, 0.2) is 5.65 Å². The summed E-state index contributed by atoms with van der Waals surface area (Å²) in [5, 5.41) is 3.66. The average molecular weight is 539 g/mol. The van der Waals surface area contributed by atoms with Gasteiger partial charge < -0.3 is 19.7 Å². The SMILES string of the molecule is COCCOc1nc2nc(C)nc(N[C@H](C)c3cccc(C(F)F)c3F)c2cc1N1CCS(=N)(=O)CC1. The number of hydrogen-bond donors (Lipinski definition) is 2. The largest absolute Gasteiger partial charge is 0.474 e. The fourth-order valence-corrected chi connectivity index (χ4v) is 5.36. The molecule has 3 heterocycles. The van der Waals surface area contributed by atoms with Crippen LogP contribution in [0.2, 0.25) is 0 Å². The molecule has 0 aliphatic carbocycles. The number of ether oxygens (including phenoxy) is 2. The number of alkyl halides is 2. The fraction of sp³-hybridized carbons (Fsp3) is 0.458. The second-order valence-electron chi connectivity index (χ2n) is 8.77. The average Bonchev–Trinajstić information content (AvgIpc) is 2.84. The van der Waals surface area contributed by atoms with Gasteiger partial charge in [-0.25, -0.2) is 27.3 Å². The summed E-state index contributed by atoms with van der Waals surface area (Å²) in [5.41, 5.74) is 0.373. The van der Waals surface area contributed by atoms with Crippen LogP contribution >= 0.6 is 0 Å². The van der Waals surface area contributed by atoms with Crippen LogP contribution in [0.3, 0.4) is 0 Å². The predicted octanol–water partition coefficient (Wildman–Crippen LogP) is 4.47. The molecule has 1 fully saturated rings. The van der Waals surface area contributed by atoms with E-state index in [1.165, 1.54) is 12.1 Å². The van der Waals surface area contributed by atoms with Crippen molar-refractivity contribution >= 4 is 32.3 Å². The molecule has 9 nitrogen and oxygen atoms in total. The molecule has 1 aromatic carbocycles. The molecule has 2 aromatic heterocycles. The molecular formula is C24H29F3N6O3S. The molecule has 1 atom stereocenters. The van der Waals surface area contributed by atoms with Gasteiger partial charge in [0.2, 0.25) is 5.88 Å². The Morgan fingerprint density at radius 3 is 2.54 bits per heavy atom. The summed E-state index contributed by atoms with van der Waals surface area (Å²) in [7, 11) is -1.06. The monoisotopic (exact) mass is 538 g/mol. The number of rotatable bonds is 9. The Morgan fingerprint density at radius 1 is 1.16 bits per heavy atom. The van der Waals surface area contributed by atoms with Crippen molar-refractivity contribution in [1.82, 2.24) is 15.0 Å². The van der Waals surface area contributed by atoms with Gasteiger partial charge in [0.1, 0.15) is 29.8 Å². The van der Waals surface area contributed by atoms with Crippen LogP contribution in [0.15, 0.2) is 24.3 Å². The van der Waals surface area contributed by atoms with Gasteiger partial charge in [0, 0.05) is 47.0 Å². The number of halogens is 3. The third-order valence-electron chi connectivity index (χ3n) is 6.11. The third kappa shape index (κ3) is 6.04. The number of nitrogens with zero attached hydrogens (tertiary/aromatic N) is 4. The number of hydrogen-bond acceptors (Lipinski definition) is 9. The van der Waals surface area contributed by atoms with E-state index in [0.717, 1.165) is 6.07 Å². The molecule has 3 aromatic rings. The number of aryl methyl sites for hydroxylation is 1. The Labute approximate surface area is 213 Å². The number of aromatic nitrogens is 3. The van der Waals surface area contributed by atoms with Gasteiger partial charge in [0.05, 0.1) is 23.6 Å². The summed E-state index contributed by atoms with van der Waals surface area (Å²) in [6.45, 7) is 4.70. The second-order valence-corrected chi connectivity index (χ2v) is 11.2. The van der Waals surface area contributed by atoms with Gasteiger partial charge >= 0.3 is 0 Å². The minimum atomic E-state index is -2.93. The van der Waals surface area contributed by atoms with E-state index in [9.17, 15) is 17.4 Å². The Balaban J connectivity index is 1.75. The molecular weight excluding hydrogens is 509 g/mol. The van der Waals surface area contributed by atoms with Crippen LogP contribution in [0.25, 0.3) is 11.0 Å². The third-order valence-corrected chi connectivity index (χ3v) is 7.79. The van der Waals surface area contributed by atoms with E-state index >= 15 is 0 Å². The number of benzene rings is 1. The maximum absolute atomic E-state index is 14.8. The maximum Gasteiger partial charge on any atom is 0.266 e. The van der Waals surface area contributed by atoms with Gasteiger partial charge in [-0.2, -0.15) is 4.98 Å². The molecule has 0 saturated carbocycles. The lowest BCUT2D eigenvalue weighted by Gasteiger charge is -2.31. The molecule has 13 heteroatoms. The number of methoxy groups -OCH3 is 1. The normalized spacial score (nSPS) is 16.2. The molecule has 0 radical (unpaired) electrons. The summed E-state index contributed by atoms with van der Waals surface area (Å²) < 4.78 is 72.3. The standard InChI is InChI=1S/C24H29F3N6O3S/c1-14(16-5-4-6-17(20(16)25)21(26)27)29-22-18-13-19(33-7-11-37(28,34)12-8-33)24(36-10-9-35-3)32-23(18)31-15(2)30-22/h4-6,13-14,21,28H,7-12H2,1-3H3,(H,29,30,31,32)/t14-/m1/s1. The summed E-state index contributed by atoms with van der Waals surface area (Å²) in [5.74, 6) is 0.543. The molecule has 200 valence electrons. The Hall–Kier alpha value is -3.19. The molecule has 4 rings (SSSR count). The smallest absolute Gasteiger partial charge is 0.266 e. The van der Waals surface area contributed by atoms with Crippen molar-refractivity contribution in [2.24, 2.45) is 0 Å². The maximum atomic E-state index is 14.8. The molecule has 1 aliphatic rings. The Morgan fingerprint density at radius 2 is 1.86 bits per heavy atom. The van der Waals surface area contributed by atoms with E-state index in [1.54, 1.807) is 27.0 Å². The minimum Gasteiger partial charge on any atom is -0.474 e. The van der Waals surface area contributed by atoms with E-state index in [2.05, 4.69) is 20.3 Å². The quantitative estimate of drug-likeness (QED) is 0.384. The van der Waals surface area contributed by atoms with Crippen molar-refractivity contribution in [3.8, 4) is 5.88 Å². The predicted molar refractivity (Wildman–Crippen MR) is 136 cm³/mol. The first-order valence-corrected chi connectivity index (χ1v) is 13.6. The molecule has 37 heavy (non-hydrogen) atoms. The molecule has 2 N–H and O–H groups in total. The molecule has 1 aliphatic heterocycles. The van der Waals surface area contributed by atoms with Crippen molar-refractivity contribution in [2.45, 2.75) is 26.3 Å².